The van der Waals surface area contributed by atoms with Crippen LogP contribution in [0.2, 0.25) is 0 Å². The highest BCUT2D eigenvalue weighted by atomic mass is 19.1. The highest BCUT2D eigenvalue weighted by Crippen LogP contribution is 2.16. The molecular formula is C15H22FNO3. The van der Waals surface area contributed by atoms with Gasteiger partial charge in [-0.3, -0.25) is 4.79 Å². The topological polar surface area (TPSA) is 47.6 Å². The smallest absolute Gasteiger partial charge is 0.322 e. The average Bonchev–Trinajstić information content (AvgIpc) is 2.43. The summed E-state index contributed by atoms with van der Waals surface area (Å²) < 4.78 is 23.5. The molecule has 0 saturated heterocycles. The van der Waals surface area contributed by atoms with Crippen molar-refractivity contribution >= 4 is 5.97 Å². The van der Waals surface area contributed by atoms with Gasteiger partial charge in [-0.25, -0.2) is 4.39 Å². The molecule has 4 nitrogen and oxygen atoms in total. The zero-order chi connectivity index (χ0) is 15.1. The summed E-state index contributed by atoms with van der Waals surface area (Å²) in [6.07, 6.45) is 0.643. The third-order valence-electron chi connectivity index (χ3n) is 2.99. The van der Waals surface area contributed by atoms with Gasteiger partial charge in [0.1, 0.15) is 17.6 Å². The molecule has 0 fully saturated rings. The van der Waals surface area contributed by atoms with Gasteiger partial charge in [-0.1, -0.05) is 19.9 Å². The van der Waals surface area contributed by atoms with E-state index >= 15 is 0 Å². The minimum Gasteiger partial charge on any atom is -0.497 e. The molecule has 0 aromatic heterocycles. The number of carbonyl (C=O) groups excluding carboxylic acids is 1. The van der Waals surface area contributed by atoms with Gasteiger partial charge in [0.2, 0.25) is 0 Å². The summed E-state index contributed by atoms with van der Waals surface area (Å²) in [5.74, 6) is 0.128. The van der Waals surface area contributed by atoms with Gasteiger partial charge < -0.3 is 14.8 Å². The Morgan fingerprint density at radius 1 is 1.35 bits per heavy atom. The summed E-state index contributed by atoms with van der Waals surface area (Å²) >= 11 is 0. The maximum atomic E-state index is 13.8. The average molecular weight is 283 g/mol. The first kappa shape index (κ1) is 16.4. The van der Waals surface area contributed by atoms with Crippen molar-refractivity contribution in [2.45, 2.75) is 32.9 Å². The summed E-state index contributed by atoms with van der Waals surface area (Å²) in [7, 11) is 2.84. The Balaban J connectivity index is 2.69. The van der Waals surface area contributed by atoms with Gasteiger partial charge in [-0.2, -0.15) is 0 Å². The van der Waals surface area contributed by atoms with E-state index in [0.717, 1.165) is 0 Å². The summed E-state index contributed by atoms with van der Waals surface area (Å²) in [5, 5.41) is 3.04. The summed E-state index contributed by atoms with van der Waals surface area (Å²) in [6.45, 7) is 4.31. The van der Waals surface area contributed by atoms with Crippen molar-refractivity contribution in [2.24, 2.45) is 5.92 Å². The molecule has 0 aliphatic rings. The quantitative estimate of drug-likeness (QED) is 0.781. The van der Waals surface area contributed by atoms with Crippen LogP contribution < -0.4 is 10.1 Å². The number of esters is 1. The summed E-state index contributed by atoms with van der Waals surface area (Å²) in [6, 6.07) is 4.23. The number of halogens is 1. The van der Waals surface area contributed by atoms with Crippen LogP contribution in [-0.4, -0.2) is 26.2 Å². The fourth-order valence-corrected chi connectivity index (χ4v) is 1.91. The second kappa shape index (κ2) is 7.85. The van der Waals surface area contributed by atoms with Crippen LogP contribution in [0.5, 0.6) is 5.75 Å². The molecule has 0 aliphatic heterocycles. The Labute approximate surface area is 119 Å². The molecule has 5 heteroatoms. The number of carbonyl (C=O) groups is 1. The van der Waals surface area contributed by atoms with Crippen molar-refractivity contribution < 1.29 is 18.7 Å². The first-order chi connectivity index (χ1) is 9.47. The number of nitrogens with one attached hydrogen (secondary N) is 1. The van der Waals surface area contributed by atoms with E-state index in [1.54, 1.807) is 12.1 Å². The van der Waals surface area contributed by atoms with Gasteiger partial charge in [-0.05, 0) is 18.4 Å². The van der Waals surface area contributed by atoms with Gasteiger partial charge in [0, 0.05) is 18.2 Å². The van der Waals surface area contributed by atoms with Crippen LogP contribution in [-0.2, 0) is 16.1 Å². The van der Waals surface area contributed by atoms with Gasteiger partial charge in [0.25, 0.3) is 0 Å². The van der Waals surface area contributed by atoms with E-state index in [1.165, 1.54) is 20.3 Å². The molecular weight excluding hydrogens is 261 g/mol. The van der Waals surface area contributed by atoms with Gasteiger partial charge >= 0.3 is 5.97 Å². The van der Waals surface area contributed by atoms with Gasteiger partial charge in [-0.15, -0.1) is 0 Å². The normalized spacial score (nSPS) is 12.3. The fraction of sp³-hybridized carbons (Fsp3) is 0.533. The molecule has 1 rings (SSSR count). The van der Waals surface area contributed by atoms with Crippen LogP contribution in [0.1, 0.15) is 25.8 Å². The molecule has 1 aromatic rings. The maximum Gasteiger partial charge on any atom is 0.322 e. The Hall–Kier alpha value is -1.62. The lowest BCUT2D eigenvalue weighted by atomic mass is 10.0. The summed E-state index contributed by atoms with van der Waals surface area (Å²) in [4.78, 5) is 11.7. The lowest BCUT2D eigenvalue weighted by Crippen LogP contribution is -2.38. The third kappa shape index (κ3) is 4.81. The SMILES string of the molecule is COC(=O)C(CC(C)C)NCc1ccc(OC)cc1F. The molecule has 1 aromatic carbocycles. The van der Waals surface area contributed by atoms with Crippen molar-refractivity contribution in [1.82, 2.24) is 5.32 Å². The van der Waals surface area contributed by atoms with Crippen LogP contribution >= 0.6 is 0 Å². The van der Waals surface area contributed by atoms with Gasteiger partial charge in [0.05, 0.1) is 14.2 Å². The number of ether oxygens (including phenoxy) is 2. The van der Waals surface area contributed by atoms with E-state index in [9.17, 15) is 9.18 Å². The van der Waals surface area contributed by atoms with Crippen LogP contribution in [0.25, 0.3) is 0 Å². The van der Waals surface area contributed by atoms with E-state index in [0.29, 0.717) is 23.7 Å². The second-order valence-electron chi connectivity index (χ2n) is 5.04. The Morgan fingerprint density at radius 3 is 2.55 bits per heavy atom. The zero-order valence-electron chi connectivity index (χ0n) is 12.4. The maximum absolute atomic E-state index is 13.8. The predicted octanol–water partition coefficient (Wildman–Crippen LogP) is 2.51. The van der Waals surface area contributed by atoms with Crippen LogP contribution in [0.4, 0.5) is 4.39 Å². The number of rotatable bonds is 7. The molecule has 0 radical (unpaired) electrons. The Morgan fingerprint density at radius 2 is 2.05 bits per heavy atom. The molecule has 112 valence electrons. The molecule has 1 atom stereocenters. The van der Waals surface area contributed by atoms with E-state index in [2.05, 4.69) is 5.32 Å². The van der Waals surface area contributed by atoms with Crippen molar-refractivity contribution in [2.75, 3.05) is 14.2 Å². The minimum absolute atomic E-state index is 0.266. The Bertz CT molecular complexity index is 449. The molecule has 0 spiro atoms. The number of hydrogen-bond donors (Lipinski definition) is 1. The number of hydrogen-bond acceptors (Lipinski definition) is 4. The first-order valence-corrected chi connectivity index (χ1v) is 6.61. The van der Waals surface area contributed by atoms with Crippen LogP contribution in [0, 0.1) is 11.7 Å². The standard InChI is InChI=1S/C15H22FNO3/c1-10(2)7-14(15(18)20-4)17-9-11-5-6-12(19-3)8-13(11)16/h5-6,8,10,14,17H,7,9H2,1-4H3. The molecule has 0 heterocycles. The lowest BCUT2D eigenvalue weighted by molar-refractivity contribution is -0.143. The molecule has 1 N–H and O–H groups in total. The van der Waals surface area contributed by atoms with Crippen molar-refractivity contribution in [3.05, 3.63) is 29.6 Å². The monoisotopic (exact) mass is 283 g/mol. The van der Waals surface area contributed by atoms with Crippen molar-refractivity contribution in [1.29, 1.82) is 0 Å². The highest BCUT2D eigenvalue weighted by Gasteiger charge is 2.20. The second-order valence-corrected chi connectivity index (χ2v) is 5.04. The Kier molecular flexibility index (Phi) is 6.45. The molecule has 0 saturated carbocycles. The van der Waals surface area contributed by atoms with Crippen LogP contribution in [0.15, 0.2) is 18.2 Å². The molecule has 0 bridgehead atoms. The minimum atomic E-state index is -0.429. The largest absolute Gasteiger partial charge is 0.497 e. The summed E-state index contributed by atoms with van der Waals surface area (Å²) in [5.41, 5.74) is 0.489. The third-order valence-corrected chi connectivity index (χ3v) is 2.99. The number of benzene rings is 1. The van der Waals surface area contributed by atoms with E-state index in [-0.39, 0.29) is 18.3 Å². The predicted molar refractivity (Wildman–Crippen MR) is 75.1 cm³/mol. The lowest BCUT2D eigenvalue weighted by Gasteiger charge is -2.18. The van der Waals surface area contributed by atoms with Crippen LogP contribution in [0.3, 0.4) is 0 Å². The molecule has 0 amide bonds. The molecule has 0 aliphatic carbocycles. The van der Waals surface area contributed by atoms with Crippen molar-refractivity contribution in [3.63, 3.8) is 0 Å². The molecule has 1 unspecified atom stereocenters. The molecule has 20 heavy (non-hydrogen) atoms. The zero-order valence-corrected chi connectivity index (χ0v) is 12.4. The van der Waals surface area contributed by atoms with E-state index in [1.807, 2.05) is 13.8 Å². The highest BCUT2D eigenvalue weighted by molar-refractivity contribution is 5.75. The number of methoxy groups -OCH3 is 2. The fourth-order valence-electron chi connectivity index (χ4n) is 1.91. The van der Waals surface area contributed by atoms with Crippen molar-refractivity contribution in [3.8, 4) is 5.75 Å². The van der Waals surface area contributed by atoms with Gasteiger partial charge in [0.15, 0.2) is 0 Å². The van der Waals surface area contributed by atoms with E-state index in [4.69, 9.17) is 9.47 Å². The van der Waals surface area contributed by atoms with E-state index < -0.39 is 6.04 Å². The first-order valence-electron chi connectivity index (χ1n) is 6.61.